The van der Waals surface area contributed by atoms with E-state index in [4.69, 9.17) is 16.0 Å². The van der Waals surface area contributed by atoms with Gasteiger partial charge in [-0.25, -0.2) is 4.98 Å². The minimum atomic E-state index is -0.511. The molecular formula is C23H18ClN3O3. The molecule has 3 aromatic carbocycles. The van der Waals surface area contributed by atoms with Crippen molar-refractivity contribution in [3.63, 3.8) is 0 Å². The van der Waals surface area contributed by atoms with Gasteiger partial charge in [-0.05, 0) is 67.3 Å². The molecule has 1 heterocycles. The topological polar surface area (TPSA) is 81.5 Å². The lowest BCUT2D eigenvalue weighted by Gasteiger charge is -2.03. The summed E-state index contributed by atoms with van der Waals surface area (Å²) in [6, 6.07) is 14.4. The van der Waals surface area contributed by atoms with Crippen LogP contribution in [0.2, 0.25) is 5.02 Å². The summed E-state index contributed by atoms with van der Waals surface area (Å²) in [6.45, 7) is 5.97. The van der Waals surface area contributed by atoms with E-state index in [2.05, 4.69) is 16.0 Å². The van der Waals surface area contributed by atoms with Crippen LogP contribution < -0.4 is 0 Å². The van der Waals surface area contributed by atoms with Gasteiger partial charge in [-0.1, -0.05) is 29.8 Å². The number of aliphatic imine (C=N–C) groups is 1. The van der Waals surface area contributed by atoms with Gasteiger partial charge in [0.05, 0.1) is 10.6 Å². The predicted molar refractivity (Wildman–Crippen MR) is 119 cm³/mol. The van der Waals surface area contributed by atoms with E-state index in [-0.39, 0.29) is 10.7 Å². The first-order valence-electron chi connectivity index (χ1n) is 9.28. The van der Waals surface area contributed by atoms with Gasteiger partial charge >= 0.3 is 0 Å². The molecule has 4 aromatic rings. The highest BCUT2D eigenvalue weighted by molar-refractivity contribution is 6.32. The molecule has 1 aromatic heterocycles. The number of rotatable bonds is 4. The molecule has 0 bridgehead atoms. The number of nitro benzene ring substituents is 1. The standard InChI is InChI=1S/C23H18ClN3O3/c1-13-8-15(3)22-20(9-13)26-23(30-22)17-6-4-14(2)19(11-17)25-12-16-5-7-18(24)21(10-16)27(28)29/h4-12H,1-3H3. The first-order chi connectivity index (χ1) is 14.3. The number of aromatic nitrogens is 1. The van der Waals surface area contributed by atoms with E-state index in [9.17, 15) is 10.1 Å². The van der Waals surface area contributed by atoms with Gasteiger partial charge in [-0.15, -0.1) is 0 Å². The first-order valence-corrected chi connectivity index (χ1v) is 9.66. The Morgan fingerprint density at radius 2 is 1.87 bits per heavy atom. The molecule has 0 amide bonds. The number of nitrogens with zero attached hydrogens (tertiary/aromatic N) is 3. The molecule has 0 saturated heterocycles. The van der Waals surface area contributed by atoms with Crippen molar-refractivity contribution in [1.29, 1.82) is 0 Å². The molecule has 7 heteroatoms. The SMILES string of the molecule is Cc1cc(C)c2oc(-c3ccc(C)c(N=Cc4ccc(Cl)c([N+](=O)[O-])c4)c3)nc2c1. The van der Waals surface area contributed by atoms with Gasteiger partial charge < -0.3 is 4.42 Å². The summed E-state index contributed by atoms with van der Waals surface area (Å²) < 4.78 is 6.00. The maximum absolute atomic E-state index is 11.1. The van der Waals surface area contributed by atoms with Crippen LogP contribution in [0.25, 0.3) is 22.6 Å². The molecule has 30 heavy (non-hydrogen) atoms. The number of hydrogen-bond acceptors (Lipinski definition) is 5. The molecule has 0 N–H and O–H groups in total. The van der Waals surface area contributed by atoms with E-state index in [0.717, 1.165) is 39.0 Å². The van der Waals surface area contributed by atoms with Crippen LogP contribution in [-0.4, -0.2) is 16.1 Å². The lowest BCUT2D eigenvalue weighted by Crippen LogP contribution is -1.91. The quantitative estimate of drug-likeness (QED) is 0.208. The highest BCUT2D eigenvalue weighted by Gasteiger charge is 2.13. The van der Waals surface area contributed by atoms with E-state index in [0.29, 0.717) is 11.5 Å². The number of halogens is 1. The zero-order valence-corrected chi connectivity index (χ0v) is 17.4. The second-order valence-corrected chi connectivity index (χ2v) is 7.58. The molecule has 0 atom stereocenters. The van der Waals surface area contributed by atoms with Gasteiger partial charge in [0, 0.05) is 17.8 Å². The van der Waals surface area contributed by atoms with Crippen LogP contribution in [0.15, 0.2) is 57.9 Å². The lowest BCUT2D eigenvalue weighted by molar-refractivity contribution is -0.384. The first kappa shape index (κ1) is 19.8. The Morgan fingerprint density at radius 3 is 2.63 bits per heavy atom. The van der Waals surface area contributed by atoms with Crippen LogP contribution >= 0.6 is 11.6 Å². The van der Waals surface area contributed by atoms with Gasteiger partial charge in [0.1, 0.15) is 10.5 Å². The summed E-state index contributed by atoms with van der Waals surface area (Å²) in [4.78, 5) is 19.7. The van der Waals surface area contributed by atoms with E-state index in [1.54, 1.807) is 12.3 Å². The lowest BCUT2D eigenvalue weighted by atomic mass is 10.1. The summed E-state index contributed by atoms with van der Waals surface area (Å²) in [5.74, 6) is 0.525. The smallest absolute Gasteiger partial charge is 0.288 e. The molecular weight excluding hydrogens is 402 g/mol. The third-order valence-corrected chi connectivity index (χ3v) is 5.12. The molecule has 0 aliphatic carbocycles. The van der Waals surface area contributed by atoms with Crippen molar-refractivity contribution >= 4 is 40.3 Å². The van der Waals surface area contributed by atoms with Crippen molar-refractivity contribution < 1.29 is 9.34 Å². The van der Waals surface area contributed by atoms with Crippen LogP contribution in [0.3, 0.4) is 0 Å². The number of fused-ring (bicyclic) bond motifs is 1. The Morgan fingerprint density at radius 1 is 1.07 bits per heavy atom. The number of aryl methyl sites for hydroxylation is 3. The largest absolute Gasteiger partial charge is 0.436 e. The molecule has 4 rings (SSSR count). The van der Waals surface area contributed by atoms with E-state index in [1.807, 2.05) is 45.0 Å². The molecule has 0 radical (unpaired) electrons. The van der Waals surface area contributed by atoms with Crippen LogP contribution in [0.1, 0.15) is 22.3 Å². The molecule has 6 nitrogen and oxygen atoms in total. The van der Waals surface area contributed by atoms with E-state index >= 15 is 0 Å². The van der Waals surface area contributed by atoms with Crippen molar-refractivity contribution in [3.8, 4) is 11.5 Å². The fourth-order valence-electron chi connectivity index (χ4n) is 3.28. The molecule has 0 spiro atoms. The number of benzene rings is 3. The third-order valence-electron chi connectivity index (χ3n) is 4.80. The Labute approximate surface area is 178 Å². The van der Waals surface area contributed by atoms with Gasteiger partial charge in [0.2, 0.25) is 5.89 Å². The Hall–Kier alpha value is -3.51. The van der Waals surface area contributed by atoms with Crippen molar-refractivity contribution in [2.24, 2.45) is 4.99 Å². The summed E-state index contributed by atoms with van der Waals surface area (Å²) in [5.41, 5.74) is 6.69. The molecule has 0 aliphatic heterocycles. The highest BCUT2D eigenvalue weighted by Crippen LogP contribution is 2.31. The maximum atomic E-state index is 11.1. The fourth-order valence-corrected chi connectivity index (χ4v) is 3.46. The molecule has 150 valence electrons. The monoisotopic (exact) mass is 419 g/mol. The van der Waals surface area contributed by atoms with Crippen LogP contribution in [0.5, 0.6) is 0 Å². The average molecular weight is 420 g/mol. The van der Waals surface area contributed by atoms with Crippen LogP contribution in [-0.2, 0) is 0 Å². The molecule has 0 saturated carbocycles. The number of hydrogen-bond donors (Lipinski definition) is 0. The normalized spacial score (nSPS) is 11.5. The second-order valence-electron chi connectivity index (χ2n) is 7.18. The summed E-state index contributed by atoms with van der Waals surface area (Å²) in [5, 5.41) is 11.2. The van der Waals surface area contributed by atoms with Gasteiger partial charge in [0.25, 0.3) is 5.69 Å². The Balaban J connectivity index is 1.71. The van der Waals surface area contributed by atoms with Gasteiger partial charge in [-0.2, -0.15) is 0 Å². The number of oxazole rings is 1. The van der Waals surface area contributed by atoms with Crippen molar-refractivity contribution in [3.05, 3.63) is 85.9 Å². The Kier molecular flexibility index (Phi) is 5.10. The summed E-state index contributed by atoms with van der Waals surface area (Å²) >= 11 is 5.87. The van der Waals surface area contributed by atoms with Crippen LogP contribution in [0, 0.1) is 30.9 Å². The minimum Gasteiger partial charge on any atom is -0.436 e. The molecule has 0 aliphatic rings. The minimum absolute atomic E-state index is 0.0943. The molecule has 0 fully saturated rings. The number of nitro groups is 1. The zero-order valence-electron chi connectivity index (χ0n) is 16.6. The second kappa shape index (κ2) is 7.72. The Bertz CT molecular complexity index is 1330. The van der Waals surface area contributed by atoms with E-state index in [1.165, 1.54) is 12.1 Å². The predicted octanol–water partition coefficient (Wildman–Crippen LogP) is 6.73. The molecule has 0 unspecified atom stereocenters. The van der Waals surface area contributed by atoms with Gasteiger partial charge in [-0.3, -0.25) is 15.1 Å². The van der Waals surface area contributed by atoms with Crippen molar-refractivity contribution in [2.45, 2.75) is 20.8 Å². The summed E-state index contributed by atoms with van der Waals surface area (Å²) in [6.07, 6.45) is 1.58. The average Bonchev–Trinajstić information content (AvgIpc) is 3.12. The van der Waals surface area contributed by atoms with Crippen LogP contribution in [0.4, 0.5) is 11.4 Å². The maximum Gasteiger partial charge on any atom is 0.288 e. The fraction of sp³-hybridized carbons (Fsp3) is 0.130. The zero-order chi connectivity index (χ0) is 21.4. The third kappa shape index (κ3) is 3.82. The van der Waals surface area contributed by atoms with E-state index < -0.39 is 4.92 Å². The van der Waals surface area contributed by atoms with Crippen molar-refractivity contribution in [1.82, 2.24) is 4.98 Å². The van der Waals surface area contributed by atoms with Gasteiger partial charge in [0.15, 0.2) is 5.58 Å². The summed E-state index contributed by atoms with van der Waals surface area (Å²) in [7, 11) is 0. The highest BCUT2D eigenvalue weighted by atomic mass is 35.5. The van der Waals surface area contributed by atoms with Crippen molar-refractivity contribution in [2.75, 3.05) is 0 Å².